The van der Waals surface area contributed by atoms with E-state index in [1.807, 2.05) is 0 Å². The Hall–Kier alpha value is -0.770. The van der Waals surface area contributed by atoms with E-state index in [1.54, 1.807) is 18.2 Å². The van der Waals surface area contributed by atoms with E-state index < -0.39 is 0 Å². The van der Waals surface area contributed by atoms with Crippen LogP contribution >= 0.6 is 23.2 Å². The van der Waals surface area contributed by atoms with E-state index in [0.717, 1.165) is 5.56 Å². The van der Waals surface area contributed by atoms with Crippen molar-refractivity contribution in [2.45, 2.75) is 6.61 Å². The van der Waals surface area contributed by atoms with Crippen LogP contribution < -0.4 is 5.48 Å². The van der Waals surface area contributed by atoms with Crippen LogP contribution in [0.4, 0.5) is 0 Å². The molecule has 13 heavy (non-hydrogen) atoms. The third kappa shape index (κ3) is 3.22. The molecule has 1 amide bonds. The van der Waals surface area contributed by atoms with Gasteiger partial charge in [0, 0.05) is 10.0 Å². The molecule has 0 aliphatic carbocycles. The van der Waals surface area contributed by atoms with Gasteiger partial charge >= 0.3 is 0 Å². The van der Waals surface area contributed by atoms with Crippen LogP contribution in [0.1, 0.15) is 5.56 Å². The van der Waals surface area contributed by atoms with Gasteiger partial charge in [-0.25, -0.2) is 5.48 Å². The van der Waals surface area contributed by atoms with Crippen LogP contribution in [0.15, 0.2) is 18.2 Å². The molecule has 1 rings (SSSR count). The zero-order valence-electron chi connectivity index (χ0n) is 6.59. The summed E-state index contributed by atoms with van der Waals surface area (Å²) < 4.78 is 0. The van der Waals surface area contributed by atoms with E-state index in [1.165, 1.54) is 0 Å². The molecule has 0 aliphatic heterocycles. The number of rotatable bonds is 4. The number of amides is 1. The zero-order valence-corrected chi connectivity index (χ0v) is 8.10. The van der Waals surface area contributed by atoms with Gasteiger partial charge in [0.25, 0.3) is 0 Å². The lowest BCUT2D eigenvalue weighted by Crippen LogP contribution is -2.11. The van der Waals surface area contributed by atoms with Crippen molar-refractivity contribution >= 4 is 29.6 Å². The molecule has 1 N–H and O–H groups in total. The van der Waals surface area contributed by atoms with Gasteiger partial charge in [-0.05, 0) is 17.7 Å². The summed E-state index contributed by atoms with van der Waals surface area (Å²) in [6, 6.07) is 5.05. The number of hydrogen-bond donors (Lipinski definition) is 1. The summed E-state index contributed by atoms with van der Waals surface area (Å²) in [5.41, 5.74) is 2.83. The molecule has 5 heteroatoms. The minimum Gasteiger partial charge on any atom is -0.277 e. The minimum absolute atomic E-state index is 0.217. The molecule has 1 aromatic carbocycles. The van der Waals surface area contributed by atoms with Gasteiger partial charge in [-0.2, -0.15) is 0 Å². The van der Waals surface area contributed by atoms with E-state index in [4.69, 9.17) is 28.0 Å². The summed E-state index contributed by atoms with van der Waals surface area (Å²) in [6.45, 7) is 0.217. The van der Waals surface area contributed by atoms with Gasteiger partial charge in [0.1, 0.15) is 6.61 Å². The maximum atomic E-state index is 9.84. The molecule has 0 aromatic heterocycles. The van der Waals surface area contributed by atoms with Gasteiger partial charge in [0.2, 0.25) is 6.41 Å². The van der Waals surface area contributed by atoms with Crippen molar-refractivity contribution in [1.82, 2.24) is 5.48 Å². The van der Waals surface area contributed by atoms with E-state index in [0.29, 0.717) is 16.5 Å². The number of hydrogen-bond acceptors (Lipinski definition) is 2. The highest BCUT2D eigenvalue weighted by atomic mass is 35.5. The molecule has 70 valence electrons. The standard InChI is InChI=1S/C8H7Cl2NO2/c9-7-2-1-6(8(10)3-7)4-13-11-5-12/h1-3,5H,4H2,(H,11,12). The molecular formula is C8H7Cl2NO2. The molecule has 0 aliphatic rings. The van der Waals surface area contributed by atoms with Crippen LogP contribution in [0.25, 0.3) is 0 Å². The van der Waals surface area contributed by atoms with Crippen LogP contribution in [0.5, 0.6) is 0 Å². The molecule has 1 aromatic rings. The van der Waals surface area contributed by atoms with Gasteiger partial charge in [-0.15, -0.1) is 0 Å². The maximum Gasteiger partial charge on any atom is 0.230 e. The Balaban J connectivity index is 2.61. The molecule has 0 atom stereocenters. The van der Waals surface area contributed by atoms with Gasteiger partial charge < -0.3 is 0 Å². The molecule has 0 bridgehead atoms. The second-order valence-corrected chi connectivity index (χ2v) is 3.10. The lowest BCUT2D eigenvalue weighted by Gasteiger charge is -2.03. The largest absolute Gasteiger partial charge is 0.277 e. The average molecular weight is 220 g/mol. The SMILES string of the molecule is O=CNOCc1ccc(Cl)cc1Cl. The molecule has 3 nitrogen and oxygen atoms in total. The van der Waals surface area contributed by atoms with E-state index in [9.17, 15) is 4.79 Å². The smallest absolute Gasteiger partial charge is 0.230 e. The molecular weight excluding hydrogens is 213 g/mol. The summed E-state index contributed by atoms with van der Waals surface area (Å²) in [5, 5.41) is 1.08. The zero-order chi connectivity index (χ0) is 9.68. The highest BCUT2D eigenvalue weighted by Gasteiger charge is 2.00. The van der Waals surface area contributed by atoms with Crippen molar-refractivity contribution in [3.63, 3.8) is 0 Å². The fourth-order valence-electron chi connectivity index (χ4n) is 0.792. The fourth-order valence-corrected chi connectivity index (χ4v) is 1.26. The number of hydroxylamine groups is 1. The minimum atomic E-state index is 0.217. The first-order chi connectivity index (χ1) is 6.24. The molecule has 0 heterocycles. The normalized spacial score (nSPS) is 9.69. The second-order valence-electron chi connectivity index (χ2n) is 2.26. The Kier molecular flexibility index (Phi) is 4.02. The predicted molar refractivity (Wildman–Crippen MR) is 50.5 cm³/mol. The van der Waals surface area contributed by atoms with Gasteiger partial charge in [0.15, 0.2) is 0 Å². The summed E-state index contributed by atoms with van der Waals surface area (Å²) in [4.78, 5) is 14.6. The van der Waals surface area contributed by atoms with Crippen LogP contribution in [0.2, 0.25) is 10.0 Å². The lowest BCUT2D eigenvalue weighted by atomic mass is 10.2. The van der Waals surface area contributed by atoms with E-state index in [2.05, 4.69) is 5.48 Å². The van der Waals surface area contributed by atoms with Crippen molar-refractivity contribution in [2.75, 3.05) is 0 Å². The summed E-state index contributed by atoms with van der Waals surface area (Å²) in [7, 11) is 0. The van der Waals surface area contributed by atoms with Gasteiger partial charge in [-0.3, -0.25) is 9.63 Å². The second kappa shape index (κ2) is 5.07. The number of benzene rings is 1. The Morgan fingerprint density at radius 3 is 2.85 bits per heavy atom. The summed E-state index contributed by atoms with van der Waals surface area (Å²) in [5.74, 6) is 0. The Morgan fingerprint density at radius 1 is 1.46 bits per heavy atom. The first-order valence-corrected chi connectivity index (χ1v) is 4.24. The van der Waals surface area contributed by atoms with Crippen molar-refractivity contribution in [2.24, 2.45) is 0 Å². The molecule has 0 fully saturated rings. The average Bonchev–Trinajstić information content (AvgIpc) is 2.09. The van der Waals surface area contributed by atoms with Crippen molar-refractivity contribution < 1.29 is 9.63 Å². The molecule has 0 unspecified atom stereocenters. The first kappa shape index (κ1) is 10.3. The predicted octanol–water partition coefficient (Wildman–Crippen LogP) is 2.17. The van der Waals surface area contributed by atoms with Gasteiger partial charge in [-0.1, -0.05) is 29.3 Å². The Bertz CT molecular complexity index is 304. The molecule has 0 saturated heterocycles. The number of nitrogens with one attached hydrogen (secondary N) is 1. The lowest BCUT2D eigenvalue weighted by molar-refractivity contribution is -0.121. The van der Waals surface area contributed by atoms with Crippen molar-refractivity contribution in [1.29, 1.82) is 0 Å². The summed E-state index contributed by atoms with van der Waals surface area (Å²) in [6.07, 6.45) is 0.448. The number of carbonyl (C=O) groups is 1. The van der Waals surface area contributed by atoms with Crippen LogP contribution in [-0.4, -0.2) is 6.41 Å². The number of halogens is 2. The highest BCUT2D eigenvalue weighted by molar-refractivity contribution is 6.35. The maximum absolute atomic E-state index is 9.84. The topological polar surface area (TPSA) is 38.3 Å². The molecule has 0 saturated carbocycles. The Labute approximate surface area is 85.5 Å². The fraction of sp³-hybridized carbons (Fsp3) is 0.125. The van der Waals surface area contributed by atoms with Crippen molar-refractivity contribution in [3.8, 4) is 0 Å². The van der Waals surface area contributed by atoms with Gasteiger partial charge in [0.05, 0.1) is 0 Å². The van der Waals surface area contributed by atoms with E-state index in [-0.39, 0.29) is 6.61 Å². The third-order valence-corrected chi connectivity index (χ3v) is 1.96. The summed E-state index contributed by atoms with van der Waals surface area (Å²) >= 11 is 11.5. The van der Waals surface area contributed by atoms with Crippen molar-refractivity contribution in [3.05, 3.63) is 33.8 Å². The molecule has 0 spiro atoms. The Morgan fingerprint density at radius 2 is 2.23 bits per heavy atom. The molecule has 0 radical (unpaired) electrons. The quantitative estimate of drug-likeness (QED) is 0.479. The first-order valence-electron chi connectivity index (χ1n) is 3.49. The van der Waals surface area contributed by atoms with E-state index >= 15 is 0 Å². The number of carbonyl (C=O) groups excluding carboxylic acids is 1. The van der Waals surface area contributed by atoms with Crippen LogP contribution in [0, 0.1) is 0 Å². The monoisotopic (exact) mass is 219 g/mol. The van der Waals surface area contributed by atoms with Crippen LogP contribution in [-0.2, 0) is 16.2 Å². The highest BCUT2D eigenvalue weighted by Crippen LogP contribution is 2.21. The van der Waals surface area contributed by atoms with Crippen LogP contribution in [0.3, 0.4) is 0 Å². The third-order valence-electron chi connectivity index (χ3n) is 1.37.